The molecule has 0 unspecified atom stereocenters. The van der Waals surface area contributed by atoms with Gasteiger partial charge in [-0.2, -0.15) is 0 Å². The van der Waals surface area contributed by atoms with Gasteiger partial charge >= 0.3 is 31.2 Å². The van der Waals surface area contributed by atoms with Crippen LogP contribution in [0.4, 0.5) is 0 Å². The quantitative estimate of drug-likeness (QED) is 0.601. The summed E-state index contributed by atoms with van der Waals surface area (Å²) in [5, 5.41) is 9.48. The van der Waals surface area contributed by atoms with Crippen molar-refractivity contribution in [1.82, 2.24) is 0 Å². The van der Waals surface area contributed by atoms with Crippen LogP contribution in [0.3, 0.4) is 0 Å². The number of aliphatic carboxylic acids is 1. The van der Waals surface area contributed by atoms with Crippen molar-refractivity contribution in [2.75, 3.05) is 0 Å². The Hall–Kier alpha value is -2.06. The Morgan fingerprint density at radius 3 is 1.84 bits per heavy atom. The van der Waals surface area contributed by atoms with Gasteiger partial charge in [0.15, 0.2) is 10.8 Å². The molecule has 0 bridgehead atoms. The van der Waals surface area contributed by atoms with Crippen molar-refractivity contribution in [2.45, 2.75) is 64.2 Å². The van der Waals surface area contributed by atoms with Gasteiger partial charge in [-0.15, -0.1) is 0 Å². The molecule has 0 amide bonds. The first-order chi connectivity index (χ1) is 11.9. The summed E-state index contributed by atoms with van der Waals surface area (Å²) < 4.78 is 15.0. The Labute approximate surface area is 145 Å². The van der Waals surface area contributed by atoms with E-state index in [9.17, 15) is 24.3 Å². The molecule has 0 radical (unpaired) electrons. The van der Waals surface area contributed by atoms with E-state index in [-0.39, 0.29) is 12.8 Å². The van der Waals surface area contributed by atoms with Crippen LogP contribution in [0.2, 0.25) is 0 Å². The lowest BCUT2D eigenvalue weighted by atomic mass is 9.72. The zero-order valence-corrected chi connectivity index (χ0v) is 14.0. The Balaban J connectivity index is 1.69. The Morgan fingerprint density at radius 1 is 0.880 bits per heavy atom. The van der Waals surface area contributed by atoms with Crippen LogP contribution in [-0.2, 0) is 33.1 Å². The van der Waals surface area contributed by atoms with E-state index < -0.39 is 42.0 Å². The summed E-state index contributed by atoms with van der Waals surface area (Å²) >= 11 is 0. The third kappa shape index (κ3) is 3.00. The summed E-state index contributed by atoms with van der Waals surface area (Å²) in [4.78, 5) is 48.7. The summed E-state index contributed by atoms with van der Waals surface area (Å²) in [6.07, 6.45) is 5.41. The van der Waals surface area contributed by atoms with Gasteiger partial charge in [-0.05, 0) is 25.7 Å². The third-order valence-electron chi connectivity index (χ3n) is 5.61. The molecule has 8 nitrogen and oxygen atoms in total. The number of hydrogen-bond donors (Lipinski definition) is 1. The lowest BCUT2D eigenvalue weighted by molar-refractivity contribution is -0.179. The molecule has 25 heavy (non-hydrogen) atoms. The van der Waals surface area contributed by atoms with E-state index in [0.717, 1.165) is 25.7 Å². The molecule has 1 N–H and O–H groups in total. The molecule has 1 aliphatic heterocycles. The average Bonchev–Trinajstić information content (AvgIpc) is 2.61. The summed E-state index contributed by atoms with van der Waals surface area (Å²) in [5.41, 5.74) is -2.98. The van der Waals surface area contributed by atoms with Crippen molar-refractivity contribution < 1.29 is 38.2 Å². The molecule has 3 rings (SSSR count). The van der Waals surface area contributed by atoms with Gasteiger partial charge < -0.3 is 19.1 Å². The molecule has 9 heteroatoms. The number of carbonyl (C=O) groups is 4. The van der Waals surface area contributed by atoms with E-state index in [0.29, 0.717) is 25.7 Å². The molecule has 0 aromatic rings. The maximum Gasteiger partial charge on any atom is 0.870 e. The fourth-order valence-corrected chi connectivity index (χ4v) is 3.98. The van der Waals surface area contributed by atoms with Crippen LogP contribution in [0.1, 0.15) is 64.2 Å². The van der Waals surface area contributed by atoms with Gasteiger partial charge in [0.05, 0.1) is 0 Å². The number of rotatable bonds is 3. The minimum absolute atomic E-state index is 0.152. The van der Waals surface area contributed by atoms with Crippen LogP contribution in [0.5, 0.6) is 0 Å². The van der Waals surface area contributed by atoms with Gasteiger partial charge in [-0.25, -0.2) is 0 Å². The van der Waals surface area contributed by atoms with Crippen molar-refractivity contribution in [3.8, 4) is 0 Å². The SMILES string of the molecule is O=C(O)C1(C(=O)OB2OC(=O)C3(CCCCC3)C(=O)O2)CCCCC1. The van der Waals surface area contributed by atoms with Crippen molar-refractivity contribution >= 4 is 31.2 Å². The molecule has 0 aromatic carbocycles. The summed E-state index contributed by atoms with van der Waals surface area (Å²) in [6, 6.07) is 0. The van der Waals surface area contributed by atoms with Crippen molar-refractivity contribution in [3.63, 3.8) is 0 Å². The largest absolute Gasteiger partial charge is 0.870 e. The second-order valence-electron chi connectivity index (χ2n) is 7.10. The Morgan fingerprint density at radius 2 is 1.36 bits per heavy atom. The molecule has 0 aromatic heterocycles. The van der Waals surface area contributed by atoms with Crippen molar-refractivity contribution in [1.29, 1.82) is 0 Å². The summed E-state index contributed by atoms with van der Waals surface area (Å²) in [6.45, 7) is 0. The maximum atomic E-state index is 12.4. The van der Waals surface area contributed by atoms with Crippen LogP contribution in [0.25, 0.3) is 0 Å². The predicted octanol–water partition coefficient (Wildman–Crippen LogP) is 1.60. The number of carbonyl (C=O) groups excluding carboxylic acids is 3. The normalized spacial score (nSPS) is 25.0. The fourth-order valence-electron chi connectivity index (χ4n) is 3.98. The van der Waals surface area contributed by atoms with Gasteiger partial charge in [-0.3, -0.25) is 19.2 Å². The van der Waals surface area contributed by atoms with Gasteiger partial charge in [0.2, 0.25) is 0 Å². The van der Waals surface area contributed by atoms with Crippen LogP contribution < -0.4 is 0 Å². The predicted molar refractivity (Wildman–Crippen MR) is 82.7 cm³/mol. The molecule has 136 valence electrons. The van der Waals surface area contributed by atoms with Crippen LogP contribution >= 0.6 is 0 Å². The summed E-state index contributed by atoms with van der Waals surface area (Å²) in [7, 11) is -1.81. The van der Waals surface area contributed by atoms with Crippen LogP contribution in [-0.4, -0.2) is 36.3 Å². The minimum atomic E-state index is -1.81. The molecule has 1 heterocycles. The highest BCUT2D eigenvalue weighted by Crippen LogP contribution is 2.42. The molecule has 1 saturated heterocycles. The van der Waals surface area contributed by atoms with Crippen molar-refractivity contribution in [3.05, 3.63) is 0 Å². The Bertz CT molecular complexity index is 569. The minimum Gasteiger partial charge on any atom is -0.480 e. The highest BCUT2D eigenvalue weighted by molar-refractivity contribution is 6.47. The molecule has 1 spiro atoms. The lowest BCUT2D eigenvalue weighted by Crippen LogP contribution is -2.55. The van der Waals surface area contributed by atoms with Crippen molar-refractivity contribution in [2.24, 2.45) is 10.8 Å². The molecule has 3 aliphatic rings. The molecule has 0 atom stereocenters. The van der Waals surface area contributed by atoms with E-state index in [1.807, 2.05) is 0 Å². The van der Waals surface area contributed by atoms with Gasteiger partial charge in [0, 0.05) is 0 Å². The highest BCUT2D eigenvalue weighted by atomic mass is 16.8. The maximum absolute atomic E-state index is 12.4. The zero-order valence-electron chi connectivity index (χ0n) is 14.0. The number of hydrogen-bond acceptors (Lipinski definition) is 7. The third-order valence-corrected chi connectivity index (χ3v) is 5.61. The zero-order chi connectivity index (χ0) is 18.1. The van der Waals surface area contributed by atoms with E-state index in [4.69, 9.17) is 14.0 Å². The number of carboxylic acids is 1. The smallest absolute Gasteiger partial charge is 0.480 e. The van der Waals surface area contributed by atoms with E-state index >= 15 is 0 Å². The lowest BCUT2D eigenvalue weighted by Gasteiger charge is -2.37. The average molecular weight is 352 g/mol. The monoisotopic (exact) mass is 352 g/mol. The molecular weight excluding hydrogens is 331 g/mol. The van der Waals surface area contributed by atoms with E-state index in [2.05, 4.69) is 0 Å². The van der Waals surface area contributed by atoms with Crippen LogP contribution in [0, 0.1) is 10.8 Å². The van der Waals surface area contributed by atoms with Crippen LogP contribution in [0.15, 0.2) is 0 Å². The number of carboxylic acid groups (broad SMARTS) is 1. The Kier molecular flexibility index (Phi) is 4.75. The second-order valence-corrected chi connectivity index (χ2v) is 7.10. The summed E-state index contributed by atoms with van der Waals surface area (Å²) in [5.74, 6) is -3.80. The van der Waals surface area contributed by atoms with Gasteiger partial charge in [0.25, 0.3) is 0 Å². The molecule has 2 saturated carbocycles. The first-order valence-corrected chi connectivity index (χ1v) is 8.77. The molecule has 3 fully saturated rings. The molecule has 2 aliphatic carbocycles. The van der Waals surface area contributed by atoms with Gasteiger partial charge in [-0.1, -0.05) is 38.5 Å². The molecular formula is C16H21BO8. The fraction of sp³-hybridized carbons (Fsp3) is 0.750. The second kappa shape index (κ2) is 6.69. The van der Waals surface area contributed by atoms with E-state index in [1.165, 1.54) is 0 Å². The van der Waals surface area contributed by atoms with E-state index in [1.54, 1.807) is 0 Å². The topological polar surface area (TPSA) is 116 Å². The first-order valence-electron chi connectivity index (χ1n) is 8.77. The first kappa shape index (κ1) is 17.8. The van der Waals surface area contributed by atoms with Gasteiger partial charge in [0.1, 0.15) is 0 Å². The highest BCUT2D eigenvalue weighted by Gasteiger charge is 2.59. The standard InChI is InChI=1S/C16H21BO8/c18-11(19)15(7-3-1-4-8-15)12(20)23-17-24-13(21)16(14(22)25-17)9-5-2-6-10-16/h1-10H2,(H,18,19).